The summed E-state index contributed by atoms with van der Waals surface area (Å²) in [6.45, 7) is 7.10. The highest BCUT2D eigenvalue weighted by Crippen LogP contribution is 2.53. The summed E-state index contributed by atoms with van der Waals surface area (Å²) in [6.07, 6.45) is 6.10. The third-order valence-corrected chi connectivity index (χ3v) is 5.94. The Kier molecular flexibility index (Phi) is 3.11. The largest absolute Gasteiger partial charge is 0.340 e. The number of hydrogen-bond donors (Lipinski definition) is 1. The Morgan fingerprint density at radius 2 is 1.80 bits per heavy atom. The normalized spacial score (nSPS) is 31.0. The van der Waals surface area contributed by atoms with Gasteiger partial charge in [0.15, 0.2) is 0 Å². The predicted octanol–water partition coefficient (Wildman–Crippen LogP) is 2.08. The minimum absolute atomic E-state index is 0.0334. The molecule has 0 aromatic rings. The lowest BCUT2D eigenvalue weighted by Gasteiger charge is -2.45. The van der Waals surface area contributed by atoms with Gasteiger partial charge in [0, 0.05) is 6.54 Å². The monoisotopic (exact) mass is 278 g/mol. The van der Waals surface area contributed by atoms with Crippen LogP contribution < -0.4 is 5.32 Å². The highest BCUT2D eigenvalue weighted by Gasteiger charge is 2.55. The van der Waals surface area contributed by atoms with Gasteiger partial charge in [-0.25, -0.2) is 0 Å². The zero-order valence-electron chi connectivity index (χ0n) is 12.9. The van der Waals surface area contributed by atoms with Crippen LogP contribution in [0.2, 0.25) is 0 Å². The topological polar surface area (TPSA) is 49.4 Å². The molecule has 2 amide bonds. The lowest BCUT2D eigenvalue weighted by atomic mass is 9.87. The third kappa shape index (κ3) is 1.95. The minimum atomic E-state index is -0.573. The van der Waals surface area contributed by atoms with Gasteiger partial charge >= 0.3 is 0 Å². The van der Waals surface area contributed by atoms with E-state index < -0.39 is 5.54 Å². The summed E-state index contributed by atoms with van der Waals surface area (Å²) in [5.74, 6) is 0.784. The lowest BCUT2D eigenvalue weighted by molar-refractivity contribution is -0.155. The molecule has 2 aliphatic carbocycles. The maximum atomic E-state index is 12.9. The van der Waals surface area contributed by atoms with Crippen LogP contribution in [0.3, 0.4) is 0 Å². The van der Waals surface area contributed by atoms with Gasteiger partial charge in [0.1, 0.15) is 11.6 Å². The van der Waals surface area contributed by atoms with Gasteiger partial charge in [0.25, 0.3) is 0 Å². The van der Waals surface area contributed by atoms with E-state index in [0.717, 1.165) is 32.2 Å². The van der Waals surface area contributed by atoms with E-state index in [1.807, 2.05) is 11.8 Å². The van der Waals surface area contributed by atoms with E-state index in [9.17, 15) is 9.59 Å². The SMILES string of the molecule is CC1C(=O)NC2(CCCC2)C(=O)N1CC1(C(C)C)CC1. The first-order valence-corrected chi connectivity index (χ1v) is 8.03. The van der Waals surface area contributed by atoms with E-state index >= 15 is 0 Å². The quantitative estimate of drug-likeness (QED) is 0.859. The number of amides is 2. The van der Waals surface area contributed by atoms with E-state index in [-0.39, 0.29) is 23.3 Å². The Balaban J connectivity index is 1.84. The van der Waals surface area contributed by atoms with Crippen molar-refractivity contribution in [3.63, 3.8) is 0 Å². The molecule has 20 heavy (non-hydrogen) atoms. The van der Waals surface area contributed by atoms with E-state index in [0.29, 0.717) is 5.92 Å². The number of rotatable bonds is 3. The summed E-state index contributed by atoms with van der Waals surface area (Å²) in [5.41, 5.74) is -0.308. The average Bonchev–Trinajstić information content (AvgIpc) is 3.05. The molecule has 1 unspecified atom stereocenters. The van der Waals surface area contributed by atoms with Crippen LogP contribution in [0.15, 0.2) is 0 Å². The number of carbonyl (C=O) groups excluding carboxylic acids is 2. The number of nitrogens with one attached hydrogen (secondary N) is 1. The van der Waals surface area contributed by atoms with Crippen LogP contribution in [-0.2, 0) is 9.59 Å². The Labute approximate surface area is 121 Å². The Hall–Kier alpha value is -1.06. The summed E-state index contributed by atoms with van der Waals surface area (Å²) in [6, 6.07) is -0.315. The fourth-order valence-corrected chi connectivity index (χ4v) is 3.93. The number of piperazine rings is 1. The molecule has 4 nitrogen and oxygen atoms in total. The van der Waals surface area contributed by atoms with E-state index in [2.05, 4.69) is 19.2 Å². The summed E-state index contributed by atoms with van der Waals surface area (Å²) in [7, 11) is 0. The summed E-state index contributed by atoms with van der Waals surface area (Å²) < 4.78 is 0. The van der Waals surface area contributed by atoms with Gasteiger partial charge in [-0.1, -0.05) is 26.7 Å². The first kappa shape index (κ1) is 13.9. The highest BCUT2D eigenvalue weighted by atomic mass is 16.2. The summed E-state index contributed by atoms with van der Waals surface area (Å²) in [4.78, 5) is 27.1. The van der Waals surface area contributed by atoms with Crippen LogP contribution >= 0.6 is 0 Å². The highest BCUT2D eigenvalue weighted by molar-refractivity contribution is 5.99. The zero-order valence-corrected chi connectivity index (χ0v) is 12.9. The molecule has 0 radical (unpaired) electrons. The molecule has 1 saturated heterocycles. The second-order valence-electron chi connectivity index (χ2n) is 7.40. The van der Waals surface area contributed by atoms with Crippen molar-refractivity contribution >= 4 is 11.8 Å². The summed E-state index contributed by atoms with van der Waals surface area (Å²) >= 11 is 0. The van der Waals surface area contributed by atoms with Gasteiger partial charge in [-0.2, -0.15) is 0 Å². The van der Waals surface area contributed by atoms with Crippen LogP contribution in [0.5, 0.6) is 0 Å². The second-order valence-corrected chi connectivity index (χ2v) is 7.40. The Bertz CT molecular complexity index is 434. The molecule has 0 aromatic heterocycles. The fourth-order valence-electron chi connectivity index (χ4n) is 3.93. The zero-order chi connectivity index (χ0) is 14.5. The van der Waals surface area contributed by atoms with Gasteiger partial charge in [-0.15, -0.1) is 0 Å². The molecule has 1 N–H and O–H groups in total. The number of carbonyl (C=O) groups is 2. The van der Waals surface area contributed by atoms with Gasteiger partial charge in [0.05, 0.1) is 0 Å². The maximum Gasteiger partial charge on any atom is 0.249 e. The van der Waals surface area contributed by atoms with Crippen LogP contribution in [0.25, 0.3) is 0 Å². The maximum absolute atomic E-state index is 12.9. The summed E-state index contributed by atoms with van der Waals surface area (Å²) in [5, 5.41) is 3.03. The first-order valence-electron chi connectivity index (χ1n) is 8.03. The Morgan fingerprint density at radius 1 is 1.20 bits per heavy atom. The molecule has 2 saturated carbocycles. The number of hydrogen-bond acceptors (Lipinski definition) is 2. The second kappa shape index (κ2) is 4.47. The Morgan fingerprint density at radius 3 is 2.30 bits per heavy atom. The van der Waals surface area contributed by atoms with Crippen molar-refractivity contribution < 1.29 is 9.59 Å². The van der Waals surface area contributed by atoms with Gasteiger partial charge < -0.3 is 10.2 Å². The van der Waals surface area contributed by atoms with Crippen molar-refractivity contribution in [2.24, 2.45) is 11.3 Å². The van der Waals surface area contributed by atoms with Crippen molar-refractivity contribution in [3.8, 4) is 0 Å². The first-order chi connectivity index (χ1) is 9.40. The van der Waals surface area contributed by atoms with Gasteiger partial charge in [0.2, 0.25) is 11.8 Å². The van der Waals surface area contributed by atoms with Gasteiger partial charge in [-0.3, -0.25) is 9.59 Å². The van der Waals surface area contributed by atoms with E-state index in [1.165, 1.54) is 12.8 Å². The molecule has 1 atom stereocenters. The van der Waals surface area contributed by atoms with E-state index in [1.54, 1.807) is 0 Å². The molecule has 1 heterocycles. The molecule has 112 valence electrons. The van der Waals surface area contributed by atoms with Crippen molar-refractivity contribution in [2.45, 2.75) is 70.9 Å². The van der Waals surface area contributed by atoms with Crippen molar-refractivity contribution in [2.75, 3.05) is 6.54 Å². The smallest absolute Gasteiger partial charge is 0.249 e. The molecule has 0 bridgehead atoms. The molecule has 3 aliphatic rings. The van der Waals surface area contributed by atoms with Crippen LogP contribution in [0, 0.1) is 11.3 Å². The average molecular weight is 278 g/mol. The molecule has 0 aromatic carbocycles. The molecular weight excluding hydrogens is 252 g/mol. The van der Waals surface area contributed by atoms with Crippen LogP contribution in [0.4, 0.5) is 0 Å². The molecule has 3 rings (SSSR count). The number of nitrogens with zero attached hydrogens (tertiary/aromatic N) is 1. The predicted molar refractivity (Wildman–Crippen MR) is 77.0 cm³/mol. The third-order valence-electron chi connectivity index (χ3n) is 5.94. The molecule has 4 heteroatoms. The van der Waals surface area contributed by atoms with Crippen LogP contribution in [0.1, 0.15) is 59.3 Å². The van der Waals surface area contributed by atoms with Crippen molar-refractivity contribution in [1.29, 1.82) is 0 Å². The van der Waals surface area contributed by atoms with Crippen LogP contribution in [-0.4, -0.2) is 34.8 Å². The van der Waals surface area contributed by atoms with Crippen molar-refractivity contribution in [3.05, 3.63) is 0 Å². The van der Waals surface area contributed by atoms with Crippen molar-refractivity contribution in [1.82, 2.24) is 10.2 Å². The molecule has 3 fully saturated rings. The molecule has 1 aliphatic heterocycles. The minimum Gasteiger partial charge on any atom is -0.340 e. The molecule has 1 spiro atoms. The molecular formula is C16H26N2O2. The standard InChI is InChI=1S/C16H26N2O2/c1-11(2)15(8-9-15)10-18-12(3)13(19)17-16(14(18)20)6-4-5-7-16/h11-12H,4-10H2,1-3H3,(H,17,19). The lowest BCUT2D eigenvalue weighted by Crippen LogP contribution is -2.69. The fraction of sp³-hybridized carbons (Fsp3) is 0.875. The van der Waals surface area contributed by atoms with E-state index in [4.69, 9.17) is 0 Å². The van der Waals surface area contributed by atoms with Gasteiger partial charge in [-0.05, 0) is 43.9 Å².